The van der Waals surface area contributed by atoms with Gasteiger partial charge < -0.3 is 10.1 Å². The summed E-state index contributed by atoms with van der Waals surface area (Å²) in [5.41, 5.74) is 4.41. The van der Waals surface area contributed by atoms with Crippen molar-refractivity contribution in [3.8, 4) is 5.75 Å². The molecule has 0 saturated heterocycles. The lowest BCUT2D eigenvalue weighted by molar-refractivity contribution is -0.119. The predicted molar refractivity (Wildman–Crippen MR) is 146 cm³/mol. The first-order chi connectivity index (χ1) is 17.5. The second-order valence-corrected chi connectivity index (χ2v) is 10.6. The number of nitrogens with zero attached hydrogens (tertiary/aromatic N) is 2. The molecule has 0 aliphatic carbocycles. The van der Waals surface area contributed by atoms with Crippen molar-refractivity contribution in [2.24, 2.45) is 5.10 Å². The average Bonchev–Trinajstić information content (AvgIpc) is 2.84. The molecule has 0 bridgehead atoms. The molecule has 2 N–H and O–H groups in total. The van der Waals surface area contributed by atoms with Crippen molar-refractivity contribution in [2.45, 2.75) is 6.92 Å². The summed E-state index contributed by atoms with van der Waals surface area (Å²) >= 11 is 12.0. The van der Waals surface area contributed by atoms with Crippen molar-refractivity contribution in [2.75, 3.05) is 29.0 Å². The molecule has 3 aromatic rings. The molecule has 0 aliphatic heterocycles. The third kappa shape index (κ3) is 8.49. The van der Waals surface area contributed by atoms with Crippen LogP contribution in [0.4, 0.5) is 11.4 Å². The highest BCUT2D eigenvalue weighted by atomic mass is 35.5. The van der Waals surface area contributed by atoms with Gasteiger partial charge in [0.05, 0.1) is 28.9 Å². The Hall–Kier alpha value is -3.60. The van der Waals surface area contributed by atoms with Crippen LogP contribution < -0.4 is 19.8 Å². The lowest BCUT2D eigenvalue weighted by atomic mass is 10.2. The third-order valence-electron chi connectivity index (χ3n) is 4.93. The van der Waals surface area contributed by atoms with Gasteiger partial charge in [-0.1, -0.05) is 41.4 Å². The molecular formula is C25H24Cl2N4O5S. The quantitative estimate of drug-likeness (QED) is 0.283. The number of hydrogen-bond donors (Lipinski definition) is 2. The van der Waals surface area contributed by atoms with E-state index >= 15 is 0 Å². The summed E-state index contributed by atoms with van der Waals surface area (Å²) in [6, 6.07) is 18.3. The number of amides is 2. The highest BCUT2D eigenvalue weighted by Gasteiger charge is 2.22. The first kappa shape index (κ1) is 28.0. The Bertz CT molecular complexity index is 1410. The minimum absolute atomic E-state index is 0.211. The molecule has 0 atom stereocenters. The van der Waals surface area contributed by atoms with Crippen LogP contribution >= 0.6 is 23.2 Å². The predicted octanol–water partition coefficient (Wildman–Crippen LogP) is 4.24. The molecule has 9 nitrogen and oxygen atoms in total. The van der Waals surface area contributed by atoms with Gasteiger partial charge in [-0.05, 0) is 66.6 Å². The van der Waals surface area contributed by atoms with Crippen LogP contribution in [0.25, 0.3) is 0 Å². The molecule has 0 spiro atoms. The number of para-hydroxylation sites is 1. The van der Waals surface area contributed by atoms with E-state index < -0.39 is 22.5 Å². The van der Waals surface area contributed by atoms with Crippen molar-refractivity contribution in [3.05, 3.63) is 87.9 Å². The van der Waals surface area contributed by atoms with E-state index in [2.05, 4.69) is 15.8 Å². The third-order valence-corrected chi connectivity index (χ3v) is 6.62. The molecule has 0 heterocycles. The summed E-state index contributed by atoms with van der Waals surface area (Å²) in [4.78, 5) is 24.5. The van der Waals surface area contributed by atoms with Crippen LogP contribution in [0.1, 0.15) is 11.1 Å². The van der Waals surface area contributed by atoms with Gasteiger partial charge in [-0.2, -0.15) is 5.10 Å². The van der Waals surface area contributed by atoms with Crippen molar-refractivity contribution in [1.82, 2.24) is 5.43 Å². The second kappa shape index (κ2) is 12.6. The topological polar surface area (TPSA) is 117 Å². The van der Waals surface area contributed by atoms with Crippen LogP contribution in [0.3, 0.4) is 0 Å². The number of anilines is 2. The van der Waals surface area contributed by atoms with Crippen molar-refractivity contribution in [3.63, 3.8) is 0 Å². The Morgan fingerprint density at radius 1 is 1.03 bits per heavy atom. The zero-order valence-electron chi connectivity index (χ0n) is 19.9. The smallest absolute Gasteiger partial charge is 0.262 e. The molecule has 37 heavy (non-hydrogen) atoms. The standard InChI is InChI=1S/C25H24Cl2N4O5S/c1-17-7-10-19(26)13-23(17)31(37(2,34)35)15-24(32)30-28-14-18-8-11-20(12-9-18)36-16-25(33)29-22-6-4-3-5-21(22)27/h3-14H,15-16H2,1-2H3,(H,29,33)(H,30,32)/b28-14-. The number of sulfonamides is 1. The number of carbonyl (C=O) groups excluding carboxylic acids is 2. The fraction of sp³-hybridized carbons (Fsp3) is 0.160. The molecule has 194 valence electrons. The van der Waals surface area contributed by atoms with Crippen molar-refractivity contribution >= 4 is 62.6 Å². The Labute approximate surface area is 225 Å². The van der Waals surface area contributed by atoms with Crippen LogP contribution in [0.2, 0.25) is 10.0 Å². The van der Waals surface area contributed by atoms with Gasteiger partial charge in [0.1, 0.15) is 12.3 Å². The molecule has 0 aromatic heterocycles. The number of nitrogens with one attached hydrogen (secondary N) is 2. The van der Waals surface area contributed by atoms with Crippen LogP contribution in [-0.4, -0.2) is 45.9 Å². The van der Waals surface area contributed by atoms with Crippen molar-refractivity contribution in [1.29, 1.82) is 0 Å². The van der Waals surface area contributed by atoms with Gasteiger partial charge in [0.25, 0.3) is 11.8 Å². The number of halogens is 2. The van der Waals surface area contributed by atoms with Crippen LogP contribution in [-0.2, 0) is 19.6 Å². The Kier molecular flexibility index (Phi) is 9.51. The van der Waals surface area contributed by atoms with Gasteiger partial charge in [0, 0.05) is 5.02 Å². The molecule has 3 rings (SSSR count). The van der Waals surface area contributed by atoms with Gasteiger partial charge >= 0.3 is 0 Å². The first-order valence-corrected chi connectivity index (χ1v) is 13.5. The number of hydrogen-bond acceptors (Lipinski definition) is 6. The molecule has 3 aromatic carbocycles. The number of carbonyl (C=O) groups is 2. The maximum atomic E-state index is 12.4. The van der Waals surface area contributed by atoms with Crippen LogP contribution in [0.15, 0.2) is 71.8 Å². The normalized spacial score (nSPS) is 11.2. The SMILES string of the molecule is Cc1ccc(Cl)cc1N(CC(=O)N/N=C\c1ccc(OCC(=O)Nc2ccccc2Cl)cc1)S(C)(=O)=O. The van der Waals surface area contributed by atoms with E-state index in [4.69, 9.17) is 27.9 Å². The van der Waals surface area contributed by atoms with Crippen LogP contribution in [0, 0.1) is 6.92 Å². The Balaban J connectivity index is 1.52. The summed E-state index contributed by atoms with van der Waals surface area (Å²) < 4.78 is 31.0. The molecule has 0 radical (unpaired) electrons. The van der Waals surface area contributed by atoms with Crippen LogP contribution in [0.5, 0.6) is 5.75 Å². The van der Waals surface area contributed by atoms with E-state index in [-0.39, 0.29) is 12.5 Å². The number of hydrazone groups is 1. The lowest BCUT2D eigenvalue weighted by Gasteiger charge is -2.23. The van der Waals surface area contributed by atoms with Crippen molar-refractivity contribution < 1.29 is 22.7 Å². The first-order valence-electron chi connectivity index (χ1n) is 10.9. The number of benzene rings is 3. The Morgan fingerprint density at radius 2 is 1.73 bits per heavy atom. The largest absolute Gasteiger partial charge is 0.484 e. The average molecular weight is 563 g/mol. The summed E-state index contributed by atoms with van der Waals surface area (Å²) in [5, 5.41) is 7.32. The van der Waals surface area contributed by atoms with E-state index in [9.17, 15) is 18.0 Å². The zero-order chi connectivity index (χ0) is 27.0. The van der Waals surface area contributed by atoms with Gasteiger partial charge in [-0.3, -0.25) is 13.9 Å². The van der Waals surface area contributed by atoms with E-state index in [0.29, 0.717) is 38.3 Å². The molecule has 0 saturated carbocycles. The maximum absolute atomic E-state index is 12.4. The highest BCUT2D eigenvalue weighted by Crippen LogP contribution is 2.26. The summed E-state index contributed by atoms with van der Waals surface area (Å²) in [6.45, 7) is 1.04. The molecule has 12 heteroatoms. The minimum atomic E-state index is -3.75. The van der Waals surface area contributed by atoms with Gasteiger partial charge in [-0.25, -0.2) is 13.8 Å². The molecule has 2 amide bonds. The van der Waals surface area contributed by atoms with E-state index in [1.165, 1.54) is 12.3 Å². The number of aryl methyl sites for hydroxylation is 1. The fourth-order valence-electron chi connectivity index (χ4n) is 3.12. The van der Waals surface area contributed by atoms with Gasteiger partial charge in [0.15, 0.2) is 6.61 Å². The van der Waals surface area contributed by atoms with Gasteiger partial charge in [-0.15, -0.1) is 0 Å². The molecule has 0 unspecified atom stereocenters. The van der Waals surface area contributed by atoms with E-state index in [1.807, 2.05) is 0 Å². The highest BCUT2D eigenvalue weighted by molar-refractivity contribution is 7.92. The van der Waals surface area contributed by atoms with Gasteiger partial charge in [0.2, 0.25) is 10.0 Å². The summed E-state index contributed by atoms with van der Waals surface area (Å²) in [6.07, 6.45) is 2.40. The molecule has 0 fully saturated rings. The number of rotatable bonds is 10. The van der Waals surface area contributed by atoms with E-state index in [1.54, 1.807) is 67.6 Å². The second-order valence-electron chi connectivity index (χ2n) is 7.88. The zero-order valence-corrected chi connectivity index (χ0v) is 22.3. The maximum Gasteiger partial charge on any atom is 0.262 e. The van der Waals surface area contributed by atoms with E-state index in [0.717, 1.165) is 10.6 Å². The lowest BCUT2D eigenvalue weighted by Crippen LogP contribution is -2.39. The minimum Gasteiger partial charge on any atom is -0.484 e. The monoisotopic (exact) mass is 562 g/mol. The molecular weight excluding hydrogens is 539 g/mol. The summed E-state index contributed by atoms with van der Waals surface area (Å²) in [7, 11) is -3.75. The Morgan fingerprint density at radius 3 is 2.41 bits per heavy atom. The number of ether oxygens (including phenoxy) is 1. The summed E-state index contributed by atoms with van der Waals surface area (Å²) in [5.74, 6) is -0.542. The molecule has 0 aliphatic rings. The fourth-order valence-corrected chi connectivity index (χ4v) is 4.38.